The Labute approximate surface area is 117 Å². The number of carboxylic acids is 1. The van der Waals surface area contributed by atoms with Gasteiger partial charge < -0.3 is 9.84 Å². The molecule has 5 nitrogen and oxygen atoms in total. The van der Waals surface area contributed by atoms with E-state index in [-0.39, 0.29) is 11.5 Å². The predicted octanol–water partition coefficient (Wildman–Crippen LogP) is 3.40. The number of benzene rings is 1. The smallest absolute Gasteiger partial charge is 0.335 e. The van der Waals surface area contributed by atoms with Gasteiger partial charge in [0.05, 0.1) is 11.3 Å². The average Bonchev–Trinajstić information content (AvgIpc) is 2.41. The maximum absolute atomic E-state index is 11.0. The van der Waals surface area contributed by atoms with E-state index in [4.69, 9.17) is 9.84 Å². The largest absolute Gasteiger partial charge is 0.478 e. The number of nitrogens with zero attached hydrogens (tertiary/aromatic N) is 2. The molecule has 0 fully saturated rings. The predicted molar refractivity (Wildman–Crippen MR) is 74.3 cm³/mol. The Kier molecular flexibility index (Phi) is 3.98. The van der Waals surface area contributed by atoms with Gasteiger partial charge >= 0.3 is 5.97 Å². The first-order chi connectivity index (χ1) is 9.47. The van der Waals surface area contributed by atoms with Crippen LogP contribution in [0.25, 0.3) is 0 Å². The summed E-state index contributed by atoms with van der Waals surface area (Å²) in [5.41, 5.74) is 1.91. The second-order valence-electron chi connectivity index (χ2n) is 4.82. The third-order valence-corrected chi connectivity index (χ3v) is 2.90. The quantitative estimate of drug-likeness (QED) is 0.923. The molecule has 0 amide bonds. The molecule has 20 heavy (non-hydrogen) atoms. The zero-order valence-corrected chi connectivity index (χ0v) is 11.6. The molecule has 0 unspecified atom stereocenters. The van der Waals surface area contributed by atoms with E-state index in [0.29, 0.717) is 11.6 Å². The summed E-state index contributed by atoms with van der Waals surface area (Å²) in [5.74, 6) is 0.180. The number of aromatic nitrogens is 2. The van der Waals surface area contributed by atoms with Crippen LogP contribution in [0.5, 0.6) is 11.6 Å². The van der Waals surface area contributed by atoms with Gasteiger partial charge in [-0.2, -0.15) is 0 Å². The number of hydrogen-bond donors (Lipinski definition) is 1. The van der Waals surface area contributed by atoms with Gasteiger partial charge in [-0.05, 0) is 30.5 Å². The minimum atomic E-state index is -0.986. The SMILES string of the molecule is Cc1ccc(C(=O)O)cc1Oc1cc(C(C)C)ncn1. The third-order valence-electron chi connectivity index (χ3n) is 2.90. The summed E-state index contributed by atoms with van der Waals surface area (Å²) in [6.07, 6.45) is 1.45. The first-order valence-electron chi connectivity index (χ1n) is 6.31. The van der Waals surface area contributed by atoms with E-state index in [2.05, 4.69) is 9.97 Å². The molecule has 104 valence electrons. The molecule has 0 saturated heterocycles. The van der Waals surface area contributed by atoms with Crippen molar-refractivity contribution < 1.29 is 14.6 Å². The van der Waals surface area contributed by atoms with E-state index in [9.17, 15) is 4.79 Å². The number of carboxylic acid groups (broad SMARTS) is 1. The molecule has 0 bridgehead atoms. The normalized spacial score (nSPS) is 10.6. The molecule has 0 aliphatic rings. The van der Waals surface area contributed by atoms with Crippen molar-refractivity contribution >= 4 is 5.97 Å². The van der Waals surface area contributed by atoms with Gasteiger partial charge in [0.15, 0.2) is 0 Å². The summed E-state index contributed by atoms with van der Waals surface area (Å²) in [6, 6.07) is 6.51. The zero-order valence-electron chi connectivity index (χ0n) is 11.6. The minimum Gasteiger partial charge on any atom is -0.478 e. The van der Waals surface area contributed by atoms with Crippen LogP contribution >= 0.6 is 0 Å². The highest BCUT2D eigenvalue weighted by atomic mass is 16.5. The first kappa shape index (κ1) is 14.0. The maximum atomic E-state index is 11.0. The molecule has 0 saturated carbocycles. The van der Waals surface area contributed by atoms with Gasteiger partial charge in [-0.3, -0.25) is 0 Å². The van der Waals surface area contributed by atoms with Crippen LogP contribution < -0.4 is 4.74 Å². The van der Waals surface area contributed by atoms with Crippen molar-refractivity contribution in [2.45, 2.75) is 26.7 Å². The summed E-state index contributed by atoms with van der Waals surface area (Å²) in [6.45, 7) is 5.91. The Morgan fingerprint density at radius 1 is 1.25 bits per heavy atom. The maximum Gasteiger partial charge on any atom is 0.335 e. The summed E-state index contributed by atoms with van der Waals surface area (Å²) >= 11 is 0. The number of ether oxygens (including phenoxy) is 1. The zero-order chi connectivity index (χ0) is 14.7. The Hall–Kier alpha value is -2.43. The minimum absolute atomic E-state index is 0.184. The summed E-state index contributed by atoms with van der Waals surface area (Å²) < 4.78 is 5.68. The van der Waals surface area contributed by atoms with Crippen molar-refractivity contribution in [3.05, 3.63) is 47.4 Å². The van der Waals surface area contributed by atoms with Crippen molar-refractivity contribution in [3.8, 4) is 11.6 Å². The van der Waals surface area contributed by atoms with E-state index in [0.717, 1.165) is 11.3 Å². The lowest BCUT2D eigenvalue weighted by Crippen LogP contribution is -1.99. The fourth-order valence-electron chi connectivity index (χ4n) is 1.68. The van der Waals surface area contributed by atoms with Crippen LogP contribution in [0, 0.1) is 6.92 Å². The van der Waals surface area contributed by atoms with Gasteiger partial charge in [0.2, 0.25) is 5.88 Å². The Balaban J connectivity index is 2.32. The number of carbonyl (C=O) groups is 1. The third kappa shape index (κ3) is 3.12. The topological polar surface area (TPSA) is 72.3 Å². The van der Waals surface area contributed by atoms with E-state index in [1.807, 2.05) is 20.8 Å². The average molecular weight is 272 g/mol. The highest BCUT2D eigenvalue weighted by Crippen LogP contribution is 2.26. The fourth-order valence-corrected chi connectivity index (χ4v) is 1.68. The van der Waals surface area contributed by atoms with Gasteiger partial charge in [0.25, 0.3) is 0 Å². The standard InChI is InChI=1S/C15H16N2O3/c1-9(2)12-7-14(17-8-16-12)20-13-6-11(15(18)19)5-4-10(13)3/h4-9H,1-3H3,(H,18,19). The highest BCUT2D eigenvalue weighted by Gasteiger charge is 2.10. The van der Waals surface area contributed by atoms with Gasteiger partial charge in [0, 0.05) is 6.07 Å². The van der Waals surface area contributed by atoms with Crippen molar-refractivity contribution in [2.24, 2.45) is 0 Å². The molecule has 1 aromatic heterocycles. The van der Waals surface area contributed by atoms with E-state index < -0.39 is 5.97 Å². The van der Waals surface area contributed by atoms with Crippen molar-refractivity contribution in [3.63, 3.8) is 0 Å². The lowest BCUT2D eigenvalue weighted by molar-refractivity contribution is 0.0696. The molecule has 0 aliphatic heterocycles. The van der Waals surface area contributed by atoms with E-state index >= 15 is 0 Å². The second kappa shape index (κ2) is 5.69. The fraction of sp³-hybridized carbons (Fsp3) is 0.267. The van der Waals surface area contributed by atoms with Crippen LogP contribution in [-0.4, -0.2) is 21.0 Å². The number of aryl methyl sites for hydroxylation is 1. The van der Waals surface area contributed by atoms with Gasteiger partial charge in [-0.15, -0.1) is 0 Å². The molecule has 0 spiro atoms. The van der Waals surface area contributed by atoms with Crippen molar-refractivity contribution in [2.75, 3.05) is 0 Å². The monoisotopic (exact) mass is 272 g/mol. The van der Waals surface area contributed by atoms with E-state index in [1.54, 1.807) is 18.2 Å². The van der Waals surface area contributed by atoms with Crippen LogP contribution in [0.1, 0.15) is 41.4 Å². The lowest BCUT2D eigenvalue weighted by atomic mass is 10.1. The lowest BCUT2D eigenvalue weighted by Gasteiger charge is -2.10. The van der Waals surface area contributed by atoms with Crippen molar-refractivity contribution in [1.82, 2.24) is 9.97 Å². The van der Waals surface area contributed by atoms with Crippen LogP contribution in [0.15, 0.2) is 30.6 Å². The van der Waals surface area contributed by atoms with Gasteiger partial charge in [0.1, 0.15) is 12.1 Å². The van der Waals surface area contributed by atoms with E-state index in [1.165, 1.54) is 12.4 Å². The molecule has 0 aliphatic carbocycles. The van der Waals surface area contributed by atoms with Crippen molar-refractivity contribution in [1.29, 1.82) is 0 Å². The molecular formula is C15H16N2O3. The summed E-state index contributed by atoms with van der Waals surface area (Å²) in [4.78, 5) is 19.2. The summed E-state index contributed by atoms with van der Waals surface area (Å²) in [5, 5.41) is 9.00. The second-order valence-corrected chi connectivity index (χ2v) is 4.82. The first-order valence-corrected chi connectivity index (χ1v) is 6.31. The number of aromatic carboxylic acids is 1. The molecule has 1 aromatic carbocycles. The number of rotatable bonds is 4. The van der Waals surface area contributed by atoms with Crippen LogP contribution in [-0.2, 0) is 0 Å². The Morgan fingerprint density at radius 2 is 2.00 bits per heavy atom. The van der Waals surface area contributed by atoms with Crippen LogP contribution in [0.3, 0.4) is 0 Å². The molecule has 1 heterocycles. The Morgan fingerprint density at radius 3 is 2.65 bits per heavy atom. The molecule has 2 rings (SSSR count). The molecule has 2 aromatic rings. The highest BCUT2D eigenvalue weighted by molar-refractivity contribution is 5.88. The summed E-state index contributed by atoms with van der Waals surface area (Å²) in [7, 11) is 0. The number of hydrogen-bond acceptors (Lipinski definition) is 4. The van der Waals surface area contributed by atoms with Crippen LogP contribution in [0.2, 0.25) is 0 Å². The molecule has 1 N–H and O–H groups in total. The molecule has 0 radical (unpaired) electrons. The van der Waals surface area contributed by atoms with Gasteiger partial charge in [-0.1, -0.05) is 19.9 Å². The van der Waals surface area contributed by atoms with Gasteiger partial charge in [-0.25, -0.2) is 14.8 Å². The Bertz CT molecular complexity index is 639. The van der Waals surface area contributed by atoms with Crippen LogP contribution in [0.4, 0.5) is 0 Å². The molecule has 0 atom stereocenters. The molecule has 5 heteroatoms. The molecular weight excluding hydrogens is 256 g/mol.